The smallest absolute Gasteiger partial charge is 0.336 e. The lowest BCUT2D eigenvalue weighted by Gasteiger charge is -2.27. The summed E-state index contributed by atoms with van der Waals surface area (Å²) in [5, 5.41) is 14.8. The molecule has 0 bridgehead atoms. The molecular weight excluding hydrogens is 367 g/mol. The van der Waals surface area contributed by atoms with Gasteiger partial charge >= 0.3 is 12.1 Å². The first-order valence-electron chi connectivity index (χ1n) is 8.80. The SMILES string of the molecule is [C-]#[N+][C@@H]1C[C@H](F)CN1C(=O)CNC(C)(C)CNC(=O)c1ccccc1C(=O)O. The van der Waals surface area contributed by atoms with E-state index in [1.54, 1.807) is 19.9 Å². The molecule has 3 N–H and O–H groups in total. The number of likely N-dealkylation sites (tertiary alicyclic amines) is 1. The van der Waals surface area contributed by atoms with Gasteiger partial charge in [0.1, 0.15) is 6.17 Å². The number of nitrogens with zero attached hydrogens (tertiary/aromatic N) is 2. The Labute approximate surface area is 162 Å². The Balaban J connectivity index is 1.90. The van der Waals surface area contributed by atoms with Gasteiger partial charge in [-0.3, -0.25) is 19.3 Å². The predicted octanol–water partition coefficient (Wildman–Crippen LogP) is 1.30. The highest BCUT2D eigenvalue weighted by Gasteiger charge is 2.39. The summed E-state index contributed by atoms with van der Waals surface area (Å²) in [7, 11) is 0. The lowest BCUT2D eigenvalue weighted by molar-refractivity contribution is -0.130. The van der Waals surface area contributed by atoms with E-state index in [9.17, 15) is 18.8 Å². The standard InChI is InChI=1S/C19H23FN4O4/c1-19(2,23-9-16(25)24-10-12(20)8-15(24)21-3)11-22-17(26)13-6-4-5-7-14(13)18(27)28/h4-7,12,15,23H,8-11H2,1-2H3,(H,22,26)(H,27,28)/t12-,15-/m0/s1. The van der Waals surface area contributed by atoms with Crippen LogP contribution >= 0.6 is 0 Å². The van der Waals surface area contributed by atoms with Gasteiger partial charge in [-0.2, -0.15) is 0 Å². The Morgan fingerprint density at radius 2 is 1.96 bits per heavy atom. The van der Waals surface area contributed by atoms with Crippen LogP contribution in [0.1, 0.15) is 41.0 Å². The molecule has 1 aliphatic rings. The second-order valence-electron chi connectivity index (χ2n) is 7.26. The van der Waals surface area contributed by atoms with Gasteiger partial charge in [-0.25, -0.2) is 15.8 Å². The molecule has 1 saturated heterocycles. The number of carboxylic acid groups (broad SMARTS) is 1. The Hall–Kier alpha value is -2.99. The monoisotopic (exact) mass is 390 g/mol. The van der Waals surface area contributed by atoms with Crippen LogP contribution in [0.15, 0.2) is 24.3 Å². The number of carbonyl (C=O) groups excluding carboxylic acids is 2. The number of alkyl halides is 1. The van der Waals surface area contributed by atoms with Gasteiger partial charge in [0.05, 0.1) is 30.6 Å². The molecule has 2 rings (SSSR count). The molecule has 150 valence electrons. The quantitative estimate of drug-likeness (QED) is 0.609. The molecule has 9 heteroatoms. The molecule has 1 heterocycles. The van der Waals surface area contributed by atoms with Crippen LogP contribution in [0, 0.1) is 6.57 Å². The van der Waals surface area contributed by atoms with E-state index in [-0.39, 0.29) is 43.1 Å². The van der Waals surface area contributed by atoms with E-state index in [2.05, 4.69) is 15.5 Å². The Morgan fingerprint density at radius 1 is 1.32 bits per heavy atom. The van der Waals surface area contributed by atoms with Crippen LogP contribution in [0.25, 0.3) is 4.85 Å². The number of hydrogen-bond donors (Lipinski definition) is 3. The van der Waals surface area contributed by atoms with E-state index in [1.807, 2.05) is 0 Å². The summed E-state index contributed by atoms with van der Waals surface area (Å²) in [6, 6.07) is 5.88. The van der Waals surface area contributed by atoms with Gasteiger partial charge < -0.3 is 15.7 Å². The fourth-order valence-corrected chi connectivity index (χ4v) is 2.90. The van der Waals surface area contributed by atoms with E-state index in [1.165, 1.54) is 23.1 Å². The van der Waals surface area contributed by atoms with Gasteiger partial charge in [-0.1, -0.05) is 12.1 Å². The molecule has 28 heavy (non-hydrogen) atoms. The van der Waals surface area contributed by atoms with Crippen LogP contribution in [0.2, 0.25) is 0 Å². The third-order valence-corrected chi connectivity index (χ3v) is 4.50. The maximum atomic E-state index is 13.5. The highest BCUT2D eigenvalue weighted by molar-refractivity contribution is 6.04. The molecular formula is C19H23FN4O4. The fourth-order valence-electron chi connectivity index (χ4n) is 2.90. The number of carboxylic acids is 1. The Bertz CT molecular complexity index is 805. The molecule has 8 nitrogen and oxygen atoms in total. The molecule has 1 aromatic rings. The second kappa shape index (κ2) is 8.80. The van der Waals surface area contributed by atoms with Crippen molar-refractivity contribution in [1.82, 2.24) is 15.5 Å². The summed E-state index contributed by atoms with van der Waals surface area (Å²) < 4.78 is 13.5. The molecule has 0 aliphatic carbocycles. The topological polar surface area (TPSA) is 103 Å². The zero-order valence-corrected chi connectivity index (χ0v) is 15.7. The zero-order valence-electron chi connectivity index (χ0n) is 15.7. The molecule has 2 atom stereocenters. The molecule has 0 aromatic heterocycles. The van der Waals surface area contributed by atoms with Gasteiger partial charge in [-0.05, 0) is 26.0 Å². The van der Waals surface area contributed by atoms with E-state index in [0.717, 1.165) is 0 Å². The van der Waals surface area contributed by atoms with Crippen LogP contribution in [0.3, 0.4) is 0 Å². The minimum atomic E-state index is -1.19. The van der Waals surface area contributed by atoms with Crippen LogP contribution < -0.4 is 10.6 Å². The number of benzene rings is 1. The molecule has 0 saturated carbocycles. The van der Waals surface area contributed by atoms with Crippen molar-refractivity contribution in [2.75, 3.05) is 19.6 Å². The minimum Gasteiger partial charge on any atom is -0.478 e. The van der Waals surface area contributed by atoms with Gasteiger partial charge in [0, 0.05) is 12.1 Å². The number of nitrogens with one attached hydrogen (secondary N) is 2. The maximum absolute atomic E-state index is 13.5. The fraction of sp³-hybridized carbons (Fsp3) is 0.474. The first-order chi connectivity index (χ1) is 13.1. The number of carbonyl (C=O) groups is 3. The van der Waals surface area contributed by atoms with Crippen LogP contribution in [0.4, 0.5) is 4.39 Å². The molecule has 0 spiro atoms. The van der Waals surface area contributed by atoms with Crippen molar-refractivity contribution in [1.29, 1.82) is 0 Å². The van der Waals surface area contributed by atoms with Gasteiger partial charge in [0.25, 0.3) is 5.91 Å². The summed E-state index contributed by atoms with van der Waals surface area (Å²) >= 11 is 0. The highest BCUT2D eigenvalue weighted by Crippen LogP contribution is 2.21. The van der Waals surface area contributed by atoms with E-state index in [0.29, 0.717) is 0 Å². The molecule has 1 aromatic carbocycles. The summed E-state index contributed by atoms with van der Waals surface area (Å²) in [4.78, 5) is 40.3. The maximum Gasteiger partial charge on any atom is 0.336 e. The van der Waals surface area contributed by atoms with E-state index >= 15 is 0 Å². The lowest BCUT2D eigenvalue weighted by atomic mass is 10.0. The van der Waals surface area contributed by atoms with Crippen molar-refractivity contribution in [2.24, 2.45) is 0 Å². The van der Waals surface area contributed by atoms with Crippen molar-refractivity contribution < 1.29 is 23.9 Å². The summed E-state index contributed by atoms with van der Waals surface area (Å²) in [6.45, 7) is 10.5. The summed E-state index contributed by atoms with van der Waals surface area (Å²) in [6.07, 6.45) is -1.94. The summed E-state index contributed by atoms with van der Waals surface area (Å²) in [5.41, 5.74) is -0.736. The van der Waals surface area contributed by atoms with Crippen molar-refractivity contribution in [2.45, 2.75) is 38.1 Å². The Morgan fingerprint density at radius 3 is 2.57 bits per heavy atom. The van der Waals surface area contributed by atoms with E-state index in [4.69, 9.17) is 11.7 Å². The van der Waals surface area contributed by atoms with Crippen LogP contribution in [-0.4, -0.2) is 65.3 Å². The number of amides is 2. The third-order valence-electron chi connectivity index (χ3n) is 4.50. The van der Waals surface area contributed by atoms with Crippen LogP contribution in [-0.2, 0) is 4.79 Å². The Kier molecular flexibility index (Phi) is 6.70. The minimum absolute atomic E-state index is 0.0255. The summed E-state index contributed by atoms with van der Waals surface area (Å²) in [5.74, 6) is -2.11. The van der Waals surface area contributed by atoms with Crippen molar-refractivity contribution >= 4 is 17.8 Å². The molecule has 1 fully saturated rings. The molecule has 0 radical (unpaired) electrons. The predicted molar refractivity (Wildman–Crippen MR) is 99.4 cm³/mol. The molecule has 1 aliphatic heterocycles. The van der Waals surface area contributed by atoms with Crippen molar-refractivity contribution in [3.8, 4) is 0 Å². The van der Waals surface area contributed by atoms with Crippen molar-refractivity contribution in [3.05, 3.63) is 46.8 Å². The first kappa shape index (κ1) is 21.3. The van der Waals surface area contributed by atoms with Crippen LogP contribution in [0.5, 0.6) is 0 Å². The largest absolute Gasteiger partial charge is 0.478 e. The average molecular weight is 390 g/mol. The first-order valence-corrected chi connectivity index (χ1v) is 8.80. The van der Waals surface area contributed by atoms with Gasteiger partial charge in [-0.15, -0.1) is 0 Å². The normalized spacial score (nSPS) is 19.1. The van der Waals surface area contributed by atoms with Gasteiger partial charge in [0.15, 0.2) is 0 Å². The average Bonchev–Trinajstić information content (AvgIpc) is 3.05. The number of hydrogen-bond acceptors (Lipinski definition) is 4. The van der Waals surface area contributed by atoms with E-state index < -0.39 is 29.8 Å². The second-order valence-corrected chi connectivity index (χ2v) is 7.26. The third kappa shape index (κ3) is 5.27. The zero-order chi connectivity index (χ0) is 20.9. The number of rotatable bonds is 7. The highest BCUT2D eigenvalue weighted by atomic mass is 19.1. The van der Waals surface area contributed by atoms with Crippen molar-refractivity contribution in [3.63, 3.8) is 0 Å². The number of halogens is 1. The molecule has 2 amide bonds. The lowest BCUT2D eigenvalue weighted by Crippen LogP contribution is -2.52. The number of aromatic carboxylic acids is 1. The van der Waals surface area contributed by atoms with Gasteiger partial charge in [0.2, 0.25) is 5.91 Å². The molecule has 0 unspecified atom stereocenters.